The van der Waals surface area contributed by atoms with E-state index in [0.29, 0.717) is 6.04 Å². The van der Waals surface area contributed by atoms with Crippen LogP contribution < -0.4 is 5.32 Å². The zero-order chi connectivity index (χ0) is 11.5. The first-order valence-corrected chi connectivity index (χ1v) is 6.05. The summed E-state index contributed by atoms with van der Waals surface area (Å²) in [5.41, 5.74) is -0.132. The summed E-state index contributed by atoms with van der Waals surface area (Å²) in [6.45, 7) is 8.70. The van der Waals surface area contributed by atoms with E-state index >= 15 is 0 Å². The number of aliphatic hydroxyl groups excluding tert-OH is 1. The van der Waals surface area contributed by atoms with Crippen molar-refractivity contribution < 1.29 is 9.84 Å². The van der Waals surface area contributed by atoms with Gasteiger partial charge in [0.15, 0.2) is 0 Å². The summed E-state index contributed by atoms with van der Waals surface area (Å²) in [7, 11) is 0. The Morgan fingerprint density at radius 3 is 2.33 bits per heavy atom. The maximum absolute atomic E-state index is 9.60. The number of hydrogen-bond donors (Lipinski definition) is 2. The molecular formula is C12H25NO2. The highest BCUT2D eigenvalue weighted by molar-refractivity contribution is 4.95. The molecule has 3 atom stereocenters. The van der Waals surface area contributed by atoms with Gasteiger partial charge in [0.05, 0.1) is 18.8 Å². The maximum Gasteiger partial charge on any atom is 0.0615 e. The molecule has 1 heterocycles. The summed E-state index contributed by atoms with van der Waals surface area (Å²) in [6, 6.07) is 0.453. The number of nitrogens with one attached hydrogen (secondary N) is 1. The minimum absolute atomic E-state index is 0.132. The van der Waals surface area contributed by atoms with E-state index in [0.717, 1.165) is 19.3 Å². The number of aliphatic hydroxyl groups is 1. The molecule has 0 aromatic heterocycles. The second kappa shape index (κ2) is 5.28. The first kappa shape index (κ1) is 12.9. The summed E-state index contributed by atoms with van der Waals surface area (Å²) >= 11 is 0. The molecule has 0 aromatic carbocycles. The fraction of sp³-hybridized carbons (Fsp3) is 1.00. The van der Waals surface area contributed by atoms with E-state index < -0.39 is 0 Å². The van der Waals surface area contributed by atoms with Crippen LogP contribution in [0.5, 0.6) is 0 Å². The van der Waals surface area contributed by atoms with Gasteiger partial charge in [-0.25, -0.2) is 0 Å². The number of hydrogen-bond acceptors (Lipinski definition) is 3. The molecule has 3 nitrogen and oxygen atoms in total. The Morgan fingerprint density at radius 2 is 1.93 bits per heavy atom. The van der Waals surface area contributed by atoms with Crippen molar-refractivity contribution in [3.8, 4) is 0 Å². The highest BCUT2D eigenvalue weighted by Crippen LogP contribution is 2.29. The fourth-order valence-electron chi connectivity index (χ4n) is 2.59. The van der Waals surface area contributed by atoms with Gasteiger partial charge in [-0.3, -0.25) is 0 Å². The molecular weight excluding hydrogens is 190 g/mol. The van der Waals surface area contributed by atoms with E-state index in [9.17, 15) is 5.11 Å². The van der Waals surface area contributed by atoms with Gasteiger partial charge in [-0.1, -0.05) is 6.92 Å². The summed E-state index contributed by atoms with van der Waals surface area (Å²) in [5, 5.41) is 13.2. The molecule has 0 aliphatic carbocycles. The van der Waals surface area contributed by atoms with Gasteiger partial charge < -0.3 is 15.2 Å². The lowest BCUT2D eigenvalue weighted by molar-refractivity contribution is -0.0835. The number of rotatable bonds is 4. The van der Waals surface area contributed by atoms with E-state index in [1.165, 1.54) is 0 Å². The molecule has 0 aromatic rings. The monoisotopic (exact) mass is 215 g/mol. The lowest BCUT2D eigenvalue weighted by atomic mass is 9.84. The first-order valence-electron chi connectivity index (χ1n) is 6.05. The van der Waals surface area contributed by atoms with Crippen LogP contribution in [0.15, 0.2) is 0 Å². The van der Waals surface area contributed by atoms with Crippen molar-refractivity contribution in [3.05, 3.63) is 0 Å². The molecule has 2 N–H and O–H groups in total. The number of ether oxygens (including phenoxy) is 1. The molecule has 1 fully saturated rings. The van der Waals surface area contributed by atoms with Crippen LogP contribution in [0.2, 0.25) is 0 Å². The predicted octanol–water partition coefficient (Wildman–Crippen LogP) is 1.69. The van der Waals surface area contributed by atoms with Crippen molar-refractivity contribution in [2.24, 2.45) is 0 Å². The zero-order valence-corrected chi connectivity index (χ0v) is 10.4. The Hall–Kier alpha value is -0.120. The zero-order valence-electron chi connectivity index (χ0n) is 10.4. The molecule has 90 valence electrons. The third-order valence-electron chi connectivity index (χ3n) is 3.29. The fourth-order valence-corrected chi connectivity index (χ4v) is 2.59. The van der Waals surface area contributed by atoms with E-state index in [1.54, 1.807) is 0 Å². The van der Waals surface area contributed by atoms with Gasteiger partial charge in [-0.15, -0.1) is 0 Å². The Kier molecular flexibility index (Phi) is 4.56. The van der Waals surface area contributed by atoms with Gasteiger partial charge in [-0.05, 0) is 40.0 Å². The molecule has 1 rings (SSSR count). The molecule has 0 bridgehead atoms. The third-order valence-corrected chi connectivity index (χ3v) is 3.29. The van der Waals surface area contributed by atoms with Crippen molar-refractivity contribution in [2.45, 2.75) is 70.7 Å². The molecule has 1 aliphatic heterocycles. The molecule has 15 heavy (non-hydrogen) atoms. The highest BCUT2D eigenvalue weighted by atomic mass is 16.5. The van der Waals surface area contributed by atoms with Crippen LogP contribution in [0.4, 0.5) is 0 Å². The van der Waals surface area contributed by atoms with Gasteiger partial charge in [0.2, 0.25) is 0 Å². The van der Waals surface area contributed by atoms with Gasteiger partial charge in [-0.2, -0.15) is 0 Å². The van der Waals surface area contributed by atoms with Crippen molar-refractivity contribution in [2.75, 3.05) is 6.61 Å². The second-order valence-electron chi connectivity index (χ2n) is 5.06. The second-order valence-corrected chi connectivity index (χ2v) is 5.06. The Balaban J connectivity index is 2.65. The predicted molar refractivity (Wildman–Crippen MR) is 61.9 cm³/mol. The van der Waals surface area contributed by atoms with Crippen LogP contribution in [-0.2, 0) is 4.74 Å². The minimum atomic E-state index is -0.132. The van der Waals surface area contributed by atoms with Crippen LogP contribution >= 0.6 is 0 Å². The van der Waals surface area contributed by atoms with Crippen LogP contribution in [0, 0.1) is 0 Å². The van der Waals surface area contributed by atoms with Crippen molar-refractivity contribution >= 4 is 0 Å². The lowest BCUT2D eigenvalue weighted by Gasteiger charge is -2.44. The molecule has 0 radical (unpaired) electrons. The van der Waals surface area contributed by atoms with Crippen LogP contribution in [0.1, 0.15) is 47.0 Å². The average molecular weight is 215 g/mol. The first-order chi connectivity index (χ1) is 7.01. The SMILES string of the molecule is CCC(C)NC1(CO)CC(C)OC(C)C1. The molecule has 0 saturated carbocycles. The van der Waals surface area contributed by atoms with E-state index in [1.807, 2.05) is 0 Å². The van der Waals surface area contributed by atoms with Crippen molar-refractivity contribution in [3.63, 3.8) is 0 Å². The van der Waals surface area contributed by atoms with Crippen LogP contribution in [-0.4, -0.2) is 35.5 Å². The third kappa shape index (κ3) is 3.44. The van der Waals surface area contributed by atoms with Crippen molar-refractivity contribution in [1.82, 2.24) is 5.32 Å². The van der Waals surface area contributed by atoms with E-state index in [-0.39, 0.29) is 24.4 Å². The Labute approximate surface area is 93.2 Å². The van der Waals surface area contributed by atoms with Gasteiger partial charge >= 0.3 is 0 Å². The standard InChI is InChI=1S/C12H25NO2/c1-5-9(2)13-12(8-14)6-10(3)15-11(4)7-12/h9-11,13-14H,5-8H2,1-4H3. The van der Waals surface area contributed by atoms with E-state index in [4.69, 9.17) is 4.74 Å². The normalized spacial score (nSPS) is 39.0. The molecule has 0 amide bonds. The van der Waals surface area contributed by atoms with Crippen molar-refractivity contribution in [1.29, 1.82) is 0 Å². The molecule has 0 spiro atoms. The smallest absolute Gasteiger partial charge is 0.0615 e. The van der Waals surface area contributed by atoms with Gasteiger partial charge in [0.25, 0.3) is 0 Å². The van der Waals surface area contributed by atoms with Crippen LogP contribution in [0.25, 0.3) is 0 Å². The van der Waals surface area contributed by atoms with E-state index in [2.05, 4.69) is 33.0 Å². The summed E-state index contributed by atoms with van der Waals surface area (Å²) in [4.78, 5) is 0. The summed E-state index contributed by atoms with van der Waals surface area (Å²) in [5.74, 6) is 0. The highest BCUT2D eigenvalue weighted by Gasteiger charge is 2.38. The Morgan fingerprint density at radius 1 is 1.40 bits per heavy atom. The average Bonchev–Trinajstić information content (AvgIpc) is 2.16. The van der Waals surface area contributed by atoms with Crippen LogP contribution in [0.3, 0.4) is 0 Å². The van der Waals surface area contributed by atoms with Gasteiger partial charge in [0, 0.05) is 11.6 Å². The topological polar surface area (TPSA) is 41.5 Å². The molecule has 1 aliphatic rings. The molecule has 3 unspecified atom stereocenters. The summed E-state index contributed by atoms with van der Waals surface area (Å²) < 4.78 is 5.71. The van der Waals surface area contributed by atoms with Gasteiger partial charge in [0.1, 0.15) is 0 Å². The Bertz CT molecular complexity index is 186. The quantitative estimate of drug-likeness (QED) is 0.750. The summed E-state index contributed by atoms with van der Waals surface area (Å²) in [6.07, 6.45) is 3.36. The molecule has 3 heteroatoms. The largest absolute Gasteiger partial charge is 0.394 e. The maximum atomic E-state index is 9.60. The molecule has 1 saturated heterocycles. The minimum Gasteiger partial charge on any atom is -0.394 e. The lowest BCUT2D eigenvalue weighted by Crippen LogP contribution is -2.58.